The standard InChI is InChI=1S/C21H17ClN6O4S2/c1-13-18(20(30)28(25-13)19(29)14-3-5-15(22)6-4-14)34(32)26-16-7-9-17(10-8-16)33(31)27-21-23-11-2-12-24-21/h2-12,18,26H,1H3,(H,23,24,27). The minimum absolute atomic E-state index is 0.219. The summed E-state index contributed by atoms with van der Waals surface area (Å²) in [5.74, 6) is -1.12. The Morgan fingerprint density at radius 3 is 2.29 bits per heavy atom. The van der Waals surface area contributed by atoms with Gasteiger partial charge in [0, 0.05) is 28.7 Å². The average Bonchev–Trinajstić information content (AvgIpc) is 3.14. The van der Waals surface area contributed by atoms with Crippen molar-refractivity contribution in [2.45, 2.75) is 17.1 Å². The van der Waals surface area contributed by atoms with E-state index in [9.17, 15) is 18.0 Å². The van der Waals surface area contributed by atoms with Crippen molar-refractivity contribution in [2.75, 3.05) is 9.44 Å². The minimum Gasteiger partial charge on any atom is -0.304 e. The highest BCUT2D eigenvalue weighted by Gasteiger charge is 2.41. The number of carbonyl (C=O) groups excluding carboxylic acids is 2. The second kappa shape index (κ2) is 10.2. The predicted molar refractivity (Wildman–Crippen MR) is 130 cm³/mol. The van der Waals surface area contributed by atoms with E-state index in [1.54, 1.807) is 30.3 Å². The average molecular weight is 517 g/mol. The van der Waals surface area contributed by atoms with Crippen LogP contribution in [-0.2, 0) is 26.8 Å². The van der Waals surface area contributed by atoms with Crippen LogP contribution in [0.3, 0.4) is 0 Å². The maximum Gasteiger partial charge on any atom is 0.281 e. The molecule has 0 aliphatic carbocycles. The number of hydrogen-bond acceptors (Lipinski definition) is 7. The van der Waals surface area contributed by atoms with Crippen LogP contribution in [0.25, 0.3) is 0 Å². The monoisotopic (exact) mass is 516 g/mol. The normalized spacial score (nSPS) is 17.1. The quantitative estimate of drug-likeness (QED) is 0.464. The number of anilines is 2. The maximum absolute atomic E-state index is 12.9. The number of hydrogen-bond donors (Lipinski definition) is 2. The fourth-order valence-electron chi connectivity index (χ4n) is 2.97. The Morgan fingerprint density at radius 2 is 1.65 bits per heavy atom. The number of nitrogens with one attached hydrogen (secondary N) is 2. The molecule has 1 aliphatic heterocycles. The number of imide groups is 1. The van der Waals surface area contributed by atoms with E-state index in [0.717, 1.165) is 0 Å². The van der Waals surface area contributed by atoms with Crippen LogP contribution >= 0.6 is 11.6 Å². The van der Waals surface area contributed by atoms with Gasteiger partial charge in [0.2, 0.25) is 5.95 Å². The lowest BCUT2D eigenvalue weighted by molar-refractivity contribution is -0.125. The molecule has 10 nitrogen and oxygen atoms in total. The topological polar surface area (TPSA) is 134 Å². The molecule has 0 spiro atoms. The van der Waals surface area contributed by atoms with Gasteiger partial charge >= 0.3 is 0 Å². The Morgan fingerprint density at radius 1 is 1.00 bits per heavy atom. The van der Waals surface area contributed by atoms with Gasteiger partial charge in [-0.05, 0) is 61.5 Å². The lowest BCUT2D eigenvalue weighted by Gasteiger charge is -2.14. The molecule has 2 heterocycles. The van der Waals surface area contributed by atoms with Gasteiger partial charge in [0.05, 0.1) is 10.6 Å². The molecule has 13 heteroatoms. The largest absolute Gasteiger partial charge is 0.304 e. The minimum atomic E-state index is -1.91. The molecule has 3 atom stereocenters. The summed E-state index contributed by atoms with van der Waals surface area (Å²) in [4.78, 5) is 33.8. The molecule has 0 saturated heterocycles. The highest BCUT2D eigenvalue weighted by atomic mass is 35.5. The molecule has 2 N–H and O–H groups in total. The van der Waals surface area contributed by atoms with E-state index < -0.39 is 39.0 Å². The molecule has 0 bridgehead atoms. The van der Waals surface area contributed by atoms with Crippen LogP contribution in [0.2, 0.25) is 5.02 Å². The van der Waals surface area contributed by atoms with Crippen molar-refractivity contribution >= 4 is 62.7 Å². The van der Waals surface area contributed by atoms with Crippen LogP contribution in [-0.4, -0.2) is 46.2 Å². The van der Waals surface area contributed by atoms with Gasteiger partial charge < -0.3 is 4.72 Å². The number of rotatable bonds is 7. The van der Waals surface area contributed by atoms with Crippen LogP contribution in [0.5, 0.6) is 0 Å². The molecule has 0 saturated carbocycles. The third kappa shape index (κ3) is 5.19. The van der Waals surface area contributed by atoms with Crippen molar-refractivity contribution in [2.24, 2.45) is 5.10 Å². The summed E-state index contributed by atoms with van der Waals surface area (Å²) in [5, 5.41) is 4.04. The molecule has 3 aromatic rings. The van der Waals surface area contributed by atoms with E-state index in [1.807, 2.05) is 0 Å². The fourth-order valence-corrected chi connectivity index (χ4v) is 5.00. The summed E-state index contributed by atoms with van der Waals surface area (Å²) in [6, 6.07) is 13.9. The number of nitrogens with zero attached hydrogens (tertiary/aromatic N) is 4. The van der Waals surface area contributed by atoms with Crippen molar-refractivity contribution in [1.29, 1.82) is 0 Å². The molecule has 4 rings (SSSR count). The molecule has 0 fully saturated rings. The Bertz CT molecular complexity index is 1300. The van der Waals surface area contributed by atoms with Crippen LogP contribution < -0.4 is 9.44 Å². The summed E-state index contributed by atoms with van der Waals surface area (Å²) in [6.07, 6.45) is 3.04. The zero-order chi connectivity index (χ0) is 24.2. The third-order valence-corrected chi connectivity index (χ3v) is 7.33. The van der Waals surface area contributed by atoms with Gasteiger partial charge in [0.15, 0.2) is 16.2 Å². The number of hydrazone groups is 1. The van der Waals surface area contributed by atoms with E-state index in [2.05, 4.69) is 24.5 Å². The Kier molecular flexibility index (Phi) is 7.10. The van der Waals surface area contributed by atoms with E-state index >= 15 is 0 Å². The summed E-state index contributed by atoms with van der Waals surface area (Å²) < 4.78 is 30.7. The van der Waals surface area contributed by atoms with Crippen molar-refractivity contribution in [3.8, 4) is 0 Å². The van der Waals surface area contributed by atoms with Gasteiger partial charge in [0.1, 0.15) is 11.0 Å². The smallest absolute Gasteiger partial charge is 0.281 e. The first-order valence-electron chi connectivity index (χ1n) is 9.75. The van der Waals surface area contributed by atoms with Gasteiger partial charge in [0.25, 0.3) is 11.8 Å². The zero-order valence-corrected chi connectivity index (χ0v) is 19.9. The van der Waals surface area contributed by atoms with Crippen molar-refractivity contribution in [3.63, 3.8) is 0 Å². The molecule has 34 heavy (non-hydrogen) atoms. The summed E-state index contributed by atoms with van der Waals surface area (Å²) in [5.41, 5.74) is 0.896. The number of amides is 2. The van der Waals surface area contributed by atoms with Gasteiger partial charge in [-0.1, -0.05) is 11.6 Å². The molecular formula is C21H17ClN6O4S2. The van der Waals surface area contributed by atoms with Crippen molar-refractivity contribution in [1.82, 2.24) is 15.0 Å². The predicted octanol–water partition coefficient (Wildman–Crippen LogP) is 2.77. The number of benzene rings is 2. The first-order valence-corrected chi connectivity index (χ1v) is 12.5. The van der Waals surface area contributed by atoms with E-state index in [1.165, 1.54) is 43.6 Å². The number of halogens is 1. The van der Waals surface area contributed by atoms with Gasteiger partial charge in [-0.15, -0.1) is 0 Å². The van der Waals surface area contributed by atoms with Gasteiger partial charge in [-0.2, -0.15) is 10.1 Å². The first kappa shape index (κ1) is 23.7. The third-order valence-electron chi connectivity index (χ3n) is 4.60. The fraction of sp³-hybridized carbons (Fsp3) is 0.0952. The molecule has 1 aromatic heterocycles. The maximum atomic E-state index is 12.9. The van der Waals surface area contributed by atoms with Gasteiger partial charge in [-0.25, -0.2) is 18.4 Å². The lowest BCUT2D eigenvalue weighted by atomic mass is 10.2. The Labute approximate surface area is 204 Å². The lowest BCUT2D eigenvalue weighted by Crippen LogP contribution is -2.39. The number of aromatic nitrogens is 2. The van der Waals surface area contributed by atoms with E-state index in [0.29, 0.717) is 20.6 Å². The molecule has 3 unspecified atom stereocenters. The molecule has 2 aromatic carbocycles. The SMILES string of the molecule is CC1=NN(C(=O)c2ccc(Cl)cc2)C(=O)C1S(=O)Nc1ccc(S(=O)Nc2ncccn2)cc1. The zero-order valence-electron chi connectivity index (χ0n) is 17.5. The van der Waals surface area contributed by atoms with Crippen molar-refractivity contribution < 1.29 is 18.0 Å². The molecule has 174 valence electrons. The van der Waals surface area contributed by atoms with Crippen LogP contribution in [0.4, 0.5) is 11.6 Å². The second-order valence-electron chi connectivity index (χ2n) is 6.95. The summed E-state index contributed by atoms with van der Waals surface area (Å²) in [6.45, 7) is 1.53. The molecular weight excluding hydrogens is 500 g/mol. The van der Waals surface area contributed by atoms with Crippen LogP contribution in [0.1, 0.15) is 17.3 Å². The van der Waals surface area contributed by atoms with E-state index in [4.69, 9.17) is 11.6 Å². The molecule has 0 radical (unpaired) electrons. The highest BCUT2D eigenvalue weighted by Crippen LogP contribution is 2.21. The Hall–Kier alpha value is -3.48. The Balaban J connectivity index is 1.41. The van der Waals surface area contributed by atoms with Crippen LogP contribution in [0, 0.1) is 0 Å². The van der Waals surface area contributed by atoms with Crippen molar-refractivity contribution in [3.05, 3.63) is 77.6 Å². The highest BCUT2D eigenvalue weighted by molar-refractivity contribution is 7.88. The van der Waals surface area contributed by atoms with Gasteiger partial charge in [-0.3, -0.25) is 14.3 Å². The number of carbonyl (C=O) groups is 2. The van der Waals surface area contributed by atoms with Crippen LogP contribution in [0.15, 0.2) is 77.0 Å². The first-order chi connectivity index (χ1) is 16.3. The molecule has 2 amide bonds. The van der Waals surface area contributed by atoms with E-state index in [-0.39, 0.29) is 17.2 Å². The second-order valence-corrected chi connectivity index (χ2v) is 9.87. The summed E-state index contributed by atoms with van der Waals surface area (Å²) in [7, 11) is -3.51. The molecule has 1 aliphatic rings. The summed E-state index contributed by atoms with van der Waals surface area (Å²) >= 11 is 5.84.